The number of carbonyl (C=O) groups is 2. The Hall–Kier alpha value is -3.82. The maximum Gasteiger partial charge on any atom is 0.311 e. The smallest absolute Gasteiger partial charge is 0.311 e. The third-order valence-electron chi connectivity index (χ3n) is 6.07. The Kier molecular flexibility index (Phi) is 8.88. The highest BCUT2D eigenvalue weighted by molar-refractivity contribution is 5.88. The van der Waals surface area contributed by atoms with E-state index in [1.54, 1.807) is 20.1 Å². The van der Waals surface area contributed by atoms with Crippen LogP contribution in [-0.4, -0.2) is 54.5 Å². The number of nitrogens with zero attached hydrogens (tertiary/aromatic N) is 2. The van der Waals surface area contributed by atoms with Crippen LogP contribution >= 0.6 is 0 Å². The summed E-state index contributed by atoms with van der Waals surface area (Å²) < 4.78 is 16.0. The van der Waals surface area contributed by atoms with Gasteiger partial charge in [-0.25, -0.2) is 0 Å². The summed E-state index contributed by atoms with van der Waals surface area (Å²) in [7, 11) is 2.88. The Morgan fingerprint density at radius 2 is 1.86 bits per heavy atom. The Morgan fingerprint density at radius 3 is 2.51 bits per heavy atom. The van der Waals surface area contributed by atoms with E-state index < -0.39 is 16.9 Å². The minimum Gasteiger partial charge on any atom is -0.497 e. The third-order valence-corrected chi connectivity index (χ3v) is 6.07. The van der Waals surface area contributed by atoms with Gasteiger partial charge in [0, 0.05) is 24.7 Å². The van der Waals surface area contributed by atoms with Crippen molar-refractivity contribution in [3.8, 4) is 17.2 Å². The van der Waals surface area contributed by atoms with Crippen molar-refractivity contribution in [2.75, 3.05) is 20.8 Å². The molecule has 1 saturated carbocycles. The number of ether oxygens (including phenoxy) is 3. The van der Waals surface area contributed by atoms with Gasteiger partial charge in [0.15, 0.2) is 6.61 Å². The van der Waals surface area contributed by atoms with Crippen molar-refractivity contribution in [1.82, 2.24) is 10.2 Å². The fourth-order valence-corrected chi connectivity index (χ4v) is 4.07. The molecule has 0 unspecified atom stereocenters. The average molecular weight is 486 g/mol. The van der Waals surface area contributed by atoms with E-state index in [9.17, 15) is 19.7 Å². The molecular formula is C25H31N3O7. The van der Waals surface area contributed by atoms with Gasteiger partial charge in [-0.05, 0) is 43.5 Å². The molecule has 0 aliphatic heterocycles. The summed E-state index contributed by atoms with van der Waals surface area (Å²) in [5.74, 6) is 0.291. The molecule has 0 heterocycles. The summed E-state index contributed by atoms with van der Waals surface area (Å²) >= 11 is 0. The van der Waals surface area contributed by atoms with Crippen molar-refractivity contribution in [3.63, 3.8) is 0 Å². The molecule has 0 aromatic heterocycles. The van der Waals surface area contributed by atoms with E-state index in [1.165, 1.54) is 30.2 Å². The van der Waals surface area contributed by atoms with Crippen molar-refractivity contribution in [2.24, 2.45) is 0 Å². The first-order valence-electron chi connectivity index (χ1n) is 11.5. The number of hydrogen-bond donors (Lipinski definition) is 1. The van der Waals surface area contributed by atoms with Gasteiger partial charge in [0.05, 0.1) is 19.1 Å². The van der Waals surface area contributed by atoms with Crippen molar-refractivity contribution < 1.29 is 28.7 Å². The molecule has 35 heavy (non-hydrogen) atoms. The summed E-state index contributed by atoms with van der Waals surface area (Å²) in [6.07, 6.45) is 4.04. The van der Waals surface area contributed by atoms with Gasteiger partial charge in [-0.2, -0.15) is 0 Å². The first-order valence-corrected chi connectivity index (χ1v) is 11.5. The average Bonchev–Trinajstić information content (AvgIpc) is 3.38. The molecule has 1 atom stereocenters. The van der Waals surface area contributed by atoms with Gasteiger partial charge in [0.25, 0.3) is 5.91 Å². The van der Waals surface area contributed by atoms with Crippen LogP contribution in [0.15, 0.2) is 42.5 Å². The minimum atomic E-state index is -0.732. The second-order valence-corrected chi connectivity index (χ2v) is 8.42. The lowest BCUT2D eigenvalue weighted by Crippen LogP contribution is -2.50. The standard InChI is InChI=1S/C25H31N3O7/c1-17(25(30)26-19-8-4-5-9-19)27(15-18-7-6-10-20(13-18)33-2)24(29)16-35-21-11-12-22(28(31)32)23(14-21)34-3/h6-7,10-14,17,19H,4-5,8-9,15-16H2,1-3H3,(H,26,30)/t17-/m0/s1. The topological polar surface area (TPSA) is 120 Å². The van der Waals surface area contributed by atoms with Crippen LogP contribution in [0.4, 0.5) is 5.69 Å². The van der Waals surface area contributed by atoms with Crippen molar-refractivity contribution in [3.05, 3.63) is 58.1 Å². The molecule has 1 N–H and O–H groups in total. The van der Waals surface area contributed by atoms with Crippen molar-refractivity contribution in [2.45, 2.75) is 51.2 Å². The summed E-state index contributed by atoms with van der Waals surface area (Å²) in [5.41, 5.74) is 0.596. The van der Waals surface area contributed by atoms with Crippen LogP contribution in [0.5, 0.6) is 17.2 Å². The molecule has 1 fully saturated rings. The molecule has 0 spiro atoms. The first kappa shape index (κ1) is 25.8. The lowest BCUT2D eigenvalue weighted by Gasteiger charge is -2.29. The number of hydrogen-bond acceptors (Lipinski definition) is 7. The molecule has 1 aliphatic rings. The summed E-state index contributed by atoms with van der Waals surface area (Å²) in [6.45, 7) is 1.52. The largest absolute Gasteiger partial charge is 0.497 e. The Balaban J connectivity index is 1.75. The maximum atomic E-state index is 13.2. The lowest BCUT2D eigenvalue weighted by molar-refractivity contribution is -0.385. The highest BCUT2D eigenvalue weighted by atomic mass is 16.6. The number of amides is 2. The number of rotatable bonds is 11. The van der Waals surface area contributed by atoms with Gasteiger partial charge in [0.1, 0.15) is 17.5 Å². The van der Waals surface area contributed by atoms with E-state index in [2.05, 4.69) is 5.32 Å². The molecule has 3 rings (SSSR count). The van der Waals surface area contributed by atoms with Gasteiger partial charge >= 0.3 is 5.69 Å². The minimum absolute atomic E-state index is 0.0255. The number of nitro groups is 1. The molecule has 2 aromatic carbocycles. The molecule has 1 aliphatic carbocycles. The van der Waals surface area contributed by atoms with Gasteiger partial charge in [0.2, 0.25) is 11.7 Å². The van der Waals surface area contributed by atoms with E-state index in [0.29, 0.717) is 5.75 Å². The van der Waals surface area contributed by atoms with Gasteiger partial charge in [-0.1, -0.05) is 25.0 Å². The SMILES string of the molecule is COc1cccc(CN(C(=O)COc2ccc([N+](=O)[O-])c(OC)c2)[C@@H](C)C(=O)NC2CCCC2)c1. The van der Waals surface area contributed by atoms with Crippen LogP contribution in [0.3, 0.4) is 0 Å². The Bertz CT molecular complexity index is 1050. The summed E-state index contributed by atoms with van der Waals surface area (Å²) in [6, 6.07) is 10.7. The number of methoxy groups -OCH3 is 2. The zero-order valence-corrected chi connectivity index (χ0v) is 20.2. The Labute approximate surface area is 204 Å². The lowest BCUT2D eigenvalue weighted by atomic mass is 10.1. The van der Waals surface area contributed by atoms with E-state index in [0.717, 1.165) is 31.2 Å². The molecule has 2 amide bonds. The molecule has 0 radical (unpaired) electrons. The van der Waals surface area contributed by atoms with Crippen LogP contribution in [0, 0.1) is 10.1 Å². The predicted octanol–water partition coefficient (Wildman–Crippen LogP) is 3.47. The monoisotopic (exact) mass is 485 g/mol. The molecule has 0 bridgehead atoms. The highest BCUT2D eigenvalue weighted by Crippen LogP contribution is 2.31. The van der Waals surface area contributed by atoms with Gasteiger partial charge < -0.3 is 24.4 Å². The third kappa shape index (κ3) is 6.84. The second kappa shape index (κ2) is 12.0. The summed E-state index contributed by atoms with van der Waals surface area (Å²) in [5, 5.41) is 14.2. The van der Waals surface area contributed by atoms with Crippen molar-refractivity contribution >= 4 is 17.5 Å². The van der Waals surface area contributed by atoms with E-state index in [1.807, 2.05) is 18.2 Å². The molecule has 0 saturated heterocycles. The fourth-order valence-electron chi connectivity index (χ4n) is 4.07. The van der Waals surface area contributed by atoms with E-state index in [-0.39, 0.29) is 42.3 Å². The number of nitro benzene ring substituents is 1. The van der Waals surface area contributed by atoms with Crippen LogP contribution < -0.4 is 19.5 Å². The van der Waals surface area contributed by atoms with E-state index >= 15 is 0 Å². The number of nitrogens with one attached hydrogen (secondary N) is 1. The zero-order valence-electron chi connectivity index (χ0n) is 20.2. The maximum absolute atomic E-state index is 13.2. The number of benzene rings is 2. The quantitative estimate of drug-likeness (QED) is 0.382. The van der Waals surface area contributed by atoms with E-state index in [4.69, 9.17) is 14.2 Å². The fraction of sp³-hybridized carbons (Fsp3) is 0.440. The van der Waals surface area contributed by atoms with Crippen molar-refractivity contribution in [1.29, 1.82) is 0 Å². The van der Waals surface area contributed by atoms with Crippen LogP contribution in [0.2, 0.25) is 0 Å². The normalized spacial score (nSPS) is 14.1. The van der Waals surface area contributed by atoms with Gasteiger partial charge in [-0.15, -0.1) is 0 Å². The second-order valence-electron chi connectivity index (χ2n) is 8.42. The molecule has 2 aromatic rings. The van der Waals surface area contributed by atoms with Crippen LogP contribution in [0.1, 0.15) is 38.2 Å². The first-order chi connectivity index (χ1) is 16.8. The molecule has 10 nitrogen and oxygen atoms in total. The molecular weight excluding hydrogens is 454 g/mol. The van der Waals surface area contributed by atoms with Crippen LogP contribution in [0.25, 0.3) is 0 Å². The van der Waals surface area contributed by atoms with Gasteiger partial charge in [-0.3, -0.25) is 19.7 Å². The van der Waals surface area contributed by atoms with Crippen LogP contribution in [-0.2, 0) is 16.1 Å². The summed E-state index contributed by atoms with van der Waals surface area (Å²) in [4.78, 5) is 38.2. The predicted molar refractivity (Wildman–Crippen MR) is 129 cm³/mol. The zero-order chi connectivity index (χ0) is 25.4. The Morgan fingerprint density at radius 1 is 1.11 bits per heavy atom. The molecule has 10 heteroatoms. The molecule has 188 valence electrons. The number of carbonyl (C=O) groups excluding carboxylic acids is 2. The highest BCUT2D eigenvalue weighted by Gasteiger charge is 2.29.